The van der Waals surface area contributed by atoms with Gasteiger partial charge in [0.25, 0.3) is 16.1 Å². The number of epoxide rings is 1. The molecule has 0 amide bonds. The van der Waals surface area contributed by atoms with Crippen molar-refractivity contribution in [1.82, 2.24) is 0 Å². The van der Waals surface area contributed by atoms with Crippen molar-refractivity contribution < 1.29 is 42.2 Å². The van der Waals surface area contributed by atoms with Crippen LogP contribution in [0.5, 0.6) is 0 Å². The van der Waals surface area contributed by atoms with E-state index in [-0.39, 0.29) is 0 Å². The number of aliphatic hydroxyl groups is 1. The third-order valence-corrected chi connectivity index (χ3v) is 5.56. The molecule has 0 bridgehead atoms. The molecule has 72 heavy (non-hydrogen) atoms. The van der Waals surface area contributed by atoms with Crippen LogP contribution >= 0.6 is 36.4 Å². The summed E-state index contributed by atoms with van der Waals surface area (Å²) in [7, 11) is 1.81. The average Bonchev–Trinajstić information content (AvgIpc) is 4.27. The molecule has 2 aliphatic heterocycles. The lowest BCUT2D eigenvalue weighted by Crippen LogP contribution is -2.38. The zero-order valence-electron chi connectivity index (χ0n) is 50.7. The summed E-state index contributed by atoms with van der Waals surface area (Å²) >= 11 is 12.7. The van der Waals surface area contributed by atoms with Crippen LogP contribution in [0.3, 0.4) is 0 Å². The number of unbranched alkanes of at least 4 members (excludes halogenated alkanes) is 1. The molecule has 0 spiro atoms. The van der Waals surface area contributed by atoms with E-state index in [9.17, 15) is 8.42 Å². The molecule has 3 fully saturated rings. The van der Waals surface area contributed by atoms with E-state index in [1.807, 2.05) is 60.6 Å². The van der Waals surface area contributed by atoms with Gasteiger partial charge in [-0.2, -0.15) is 21.0 Å². The number of allylic oxidation sites excluding steroid dienone is 11. The van der Waals surface area contributed by atoms with E-state index in [1.54, 1.807) is 33.2 Å². The van der Waals surface area contributed by atoms with E-state index in [1.165, 1.54) is 63.4 Å². The quantitative estimate of drug-likeness (QED) is 0.0262. The summed E-state index contributed by atoms with van der Waals surface area (Å²) in [6, 6.07) is 0. The van der Waals surface area contributed by atoms with Gasteiger partial charge in [0, 0.05) is 38.6 Å². The fourth-order valence-corrected chi connectivity index (χ4v) is 1.49. The summed E-state index contributed by atoms with van der Waals surface area (Å²) in [6.45, 7) is 50.9. The number of thiocarbonyl (C=S) groups is 1. The minimum atomic E-state index is -3.67. The Bertz CT molecular complexity index is 1290. The fourth-order valence-electron chi connectivity index (χ4n) is 1.49. The van der Waals surface area contributed by atoms with Crippen LogP contribution in [0.1, 0.15) is 170 Å². The van der Waals surface area contributed by atoms with Crippen molar-refractivity contribution in [3.63, 3.8) is 0 Å². The number of aliphatic hydroxyl groups excluding tert-OH is 1. The first-order chi connectivity index (χ1) is 33.4. The van der Waals surface area contributed by atoms with Crippen molar-refractivity contribution in [1.29, 1.82) is 0 Å². The maximum absolute atomic E-state index is 9.19. The van der Waals surface area contributed by atoms with Crippen molar-refractivity contribution in [3.8, 4) is 12.3 Å². The summed E-state index contributed by atoms with van der Waals surface area (Å²) in [5, 5.41) is 17.2. The number of halogens is 1. The predicted molar refractivity (Wildman–Crippen MR) is 334 cm³/mol. The van der Waals surface area contributed by atoms with E-state index in [4.69, 9.17) is 45.4 Å². The van der Waals surface area contributed by atoms with E-state index in [0.717, 1.165) is 46.2 Å². The Balaban J connectivity index is -0.0000000371. The molecular formula is C56H116ClN3O9S3. The topological polar surface area (TPSA) is 201 Å². The summed E-state index contributed by atoms with van der Waals surface area (Å²) in [5.74, 6) is 2.50. The number of aliphatic imine (C=N–C) groups is 2. The summed E-state index contributed by atoms with van der Waals surface area (Å²) in [5.41, 5.74) is 7.59. The van der Waals surface area contributed by atoms with Gasteiger partial charge in [0.1, 0.15) is 0 Å². The fraction of sp³-hybridized carbons (Fsp3) is 0.661. The van der Waals surface area contributed by atoms with Crippen molar-refractivity contribution >= 4 is 63.8 Å². The van der Waals surface area contributed by atoms with E-state index < -0.39 is 16.1 Å². The highest BCUT2D eigenvalue weighted by atomic mass is 35.5. The highest BCUT2D eigenvalue weighted by Crippen LogP contribution is 2.29. The summed E-state index contributed by atoms with van der Waals surface area (Å²) in [4.78, 5) is 24.1. The Morgan fingerprint density at radius 1 is 0.903 bits per heavy atom. The van der Waals surface area contributed by atoms with Gasteiger partial charge in [-0.05, 0) is 141 Å². The number of isocyanates is 1. The standard InChI is InChI=1S/C6H12O.C6H12.2C5H10.3C4H8.C3H5Cl.C3H6O.C3H6.C3H4.C2H3NO.C2H3NS.C2H4O2.CH5N.CH4O3S.CH4O.CH4S/c1-3-6(2)4-7-5-6;1-3-5-6-4-2;1-4-5(2)3;1-3-5-4-2;1-4-2-3-4;1-4(2)3;1-3-4-2;1-3(2)4;1-3-2-4-3;2*1-3-2;2*1-3-2-4;1-2(3)4;1-2;1-5(2,3)4;2*1-2/h3-5H2,1-2H3;3,5H,4,6H2,1-2H3;4H,1-3H3;3,5H,4H2,1-2H3;4H,2-3H2,1H3;1H2,2-3H3;3-4H,1-2H3;1H2,2H3;3H,2H2,1H3;3H,1H2,2H3;1H,2H3;2*1H3;1H3,(H,3,4);2H2,1H3;1H3,(H,2,3,4);2*2H,1H3/b;5-3+;;5-3+;;;4-3+;;;;;;;;;;;. The number of nitrogens with two attached hydrogens (primary N) is 1. The molecule has 12 nitrogen and oxygen atoms in total. The number of carbonyl (C=O) groups is 1. The molecule has 0 aromatic rings. The van der Waals surface area contributed by atoms with E-state index in [2.05, 4.69) is 171 Å². The summed E-state index contributed by atoms with van der Waals surface area (Å²) < 4.78 is 35.6. The van der Waals surface area contributed by atoms with Crippen LogP contribution in [0.25, 0.3) is 0 Å². The number of rotatable bonds is 4. The first kappa shape index (κ1) is 109. The second-order valence-corrected chi connectivity index (χ2v) is 16.6. The number of carbonyl (C=O) groups excluding carboxylic acids is 1. The Labute approximate surface area is 464 Å². The molecule has 5 N–H and O–H groups in total. The maximum Gasteiger partial charge on any atom is 0.300 e. The lowest BCUT2D eigenvalue weighted by molar-refractivity contribution is -0.134. The highest BCUT2D eigenvalue weighted by Gasteiger charge is 2.30. The van der Waals surface area contributed by atoms with Crippen LogP contribution in [0.4, 0.5) is 0 Å². The number of isothiocyanates is 1. The predicted octanol–water partition coefficient (Wildman–Crippen LogP) is 16.3. The van der Waals surface area contributed by atoms with Crippen LogP contribution in [-0.2, 0) is 29.2 Å². The molecule has 16 heteroatoms. The molecule has 0 aromatic heterocycles. The number of thiol groups is 1. The van der Waals surface area contributed by atoms with Crippen LogP contribution in [0.15, 0.2) is 94.5 Å². The third kappa shape index (κ3) is 511. The van der Waals surface area contributed by atoms with Gasteiger partial charge in [0.15, 0.2) is 0 Å². The summed E-state index contributed by atoms with van der Waals surface area (Å²) in [6.07, 6.45) is 33.1. The lowest BCUT2D eigenvalue weighted by Gasteiger charge is -2.36. The zero-order valence-corrected chi connectivity index (χ0v) is 54.0. The van der Waals surface area contributed by atoms with Crippen molar-refractivity contribution in [2.24, 2.45) is 27.1 Å². The average molecular weight is 1110 g/mol. The van der Waals surface area contributed by atoms with Gasteiger partial charge < -0.3 is 25.4 Å². The number of hydrogen-bond donors (Lipinski definition) is 5. The molecular weight excluding hydrogens is 990 g/mol. The van der Waals surface area contributed by atoms with Crippen LogP contribution in [0.2, 0.25) is 0 Å². The van der Waals surface area contributed by atoms with Crippen molar-refractivity contribution in [3.05, 3.63) is 84.5 Å². The van der Waals surface area contributed by atoms with Gasteiger partial charge in [-0.3, -0.25) is 9.35 Å². The molecule has 1 atom stereocenters. The molecule has 1 saturated carbocycles. The number of ether oxygens (including phenoxy) is 2. The SMILES string of the molecule is C#CC.C/C=C/C.C/C=C/CC.C/C=C/CCC.C=C(C)C.C=C(C)Cl.C=CC.CC(=O)O.CC1CC1.CC1CO1.CC=C(C)C.CCC1(C)COC1.CN.CN=C=O.CN=C=S.CO.CS.CS(=O)(=O)O. The third-order valence-electron chi connectivity index (χ3n) is 5.38. The van der Waals surface area contributed by atoms with Crippen LogP contribution in [-0.4, -0.2) is 107 Å². The smallest absolute Gasteiger partial charge is 0.300 e. The number of carboxylic acid groups (broad SMARTS) is 1. The molecule has 0 radical (unpaired) electrons. The number of hydrogen-bond acceptors (Lipinski definition) is 12. The van der Waals surface area contributed by atoms with Crippen molar-refractivity contribution in [2.45, 2.75) is 176 Å². The second-order valence-electron chi connectivity index (χ2n) is 14.3. The molecule has 1 aliphatic carbocycles. The monoisotopic (exact) mass is 1110 g/mol. The zero-order chi connectivity index (χ0) is 61.4. The minimum absolute atomic E-state index is 0.542. The number of terminal acetylenes is 1. The molecule has 2 saturated heterocycles. The number of nitrogens with zero attached hydrogens (tertiary/aromatic N) is 2. The largest absolute Gasteiger partial charge is 0.481 e. The van der Waals surface area contributed by atoms with Gasteiger partial charge in [0.2, 0.25) is 6.08 Å². The molecule has 0 aromatic carbocycles. The Morgan fingerprint density at radius 2 is 1.12 bits per heavy atom. The lowest BCUT2D eigenvalue weighted by atomic mass is 9.86. The van der Waals surface area contributed by atoms with Gasteiger partial charge in [-0.1, -0.05) is 132 Å². The molecule has 1 unspecified atom stereocenters. The normalized spacial score (nSPS) is 11.7. The van der Waals surface area contributed by atoms with Gasteiger partial charge >= 0.3 is 0 Å². The number of aliphatic carboxylic acids is 1. The maximum atomic E-state index is 9.19. The Kier molecular flexibility index (Phi) is 178. The highest BCUT2D eigenvalue weighted by molar-refractivity contribution is 7.85. The first-order valence-electron chi connectivity index (χ1n) is 23.4. The second kappa shape index (κ2) is 117. The Hall–Kier alpha value is -3.22. The van der Waals surface area contributed by atoms with Gasteiger partial charge in [-0.15, -0.1) is 25.5 Å². The Morgan fingerprint density at radius 3 is 1.14 bits per heavy atom. The van der Waals surface area contributed by atoms with Crippen LogP contribution < -0.4 is 5.73 Å². The van der Waals surface area contributed by atoms with Crippen molar-refractivity contribution in [2.75, 3.05) is 60.6 Å². The van der Waals surface area contributed by atoms with Gasteiger partial charge in [-0.25, -0.2) is 14.8 Å². The van der Waals surface area contributed by atoms with Crippen LogP contribution in [0, 0.1) is 23.7 Å². The molecule has 2 heterocycles. The molecule has 3 aliphatic rings. The minimum Gasteiger partial charge on any atom is -0.481 e. The molecule has 3 rings (SSSR count). The van der Waals surface area contributed by atoms with E-state index in [0.29, 0.717) is 22.8 Å². The van der Waals surface area contributed by atoms with Gasteiger partial charge in [0.05, 0.1) is 37.3 Å². The van der Waals surface area contributed by atoms with E-state index >= 15 is 0 Å². The molecule has 434 valence electrons. The first-order valence-corrected chi connectivity index (χ1v) is 26.9. The number of carboxylic acids is 1.